The van der Waals surface area contributed by atoms with Crippen LogP contribution in [0.4, 0.5) is 13.2 Å². The third kappa shape index (κ3) is 4.72. The summed E-state index contributed by atoms with van der Waals surface area (Å²) in [5.41, 5.74) is -1.02. The van der Waals surface area contributed by atoms with Crippen molar-refractivity contribution >= 4 is 0 Å². The van der Waals surface area contributed by atoms with E-state index in [2.05, 4.69) is 9.94 Å². The monoisotopic (exact) mass is 324 g/mol. The number of nitriles is 1. The second-order valence-corrected chi connectivity index (χ2v) is 6.17. The van der Waals surface area contributed by atoms with E-state index < -0.39 is 24.6 Å². The third-order valence-corrected chi connectivity index (χ3v) is 4.34. The summed E-state index contributed by atoms with van der Waals surface area (Å²) in [6.45, 7) is 7.18. The molecule has 23 heavy (non-hydrogen) atoms. The molecule has 7 heteroatoms. The predicted octanol–water partition coefficient (Wildman–Crippen LogP) is 4.45. The van der Waals surface area contributed by atoms with E-state index >= 15 is 0 Å². The van der Waals surface area contributed by atoms with Gasteiger partial charge in [-0.3, -0.25) is 9.53 Å². The Bertz CT molecular complexity index is 586. The van der Waals surface area contributed by atoms with E-state index in [4.69, 9.17) is 6.57 Å². The summed E-state index contributed by atoms with van der Waals surface area (Å²) in [6.07, 6.45) is 2.94. The minimum atomic E-state index is -4.36. The molecule has 1 aromatic heterocycles. The van der Waals surface area contributed by atoms with E-state index in [1.807, 2.05) is 4.68 Å². The Kier molecular flexibility index (Phi) is 5.30. The van der Waals surface area contributed by atoms with Crippen molar-refractivity contribution in [3.63, 3.8) is 0 Å². The molecule has 0 spiro atoms. The van der Waals surface area contributed by atoms with Crippen molar-refractivity contribution in [2.24, 2.45) is 0 Å². The summed E-state index contributed by atoms with van der Waals surface area (Å²) < 4.78 is 39.1. The minimum absolute atomic E-state index is 0.0181. The van der Waals surface area contributed by atoms with Crippen molar-refractivity contribution in [1.82, 2.24) is 9.78 Å². The average Bonchev–Trinajstić information content (AvgIpc) is 3.00. The van der Waals surface area contributed by atoms with Crippen LogP contribution in [0, 0.1) is 17.9 Å². The summed E-state index contributed by atoms with van der Waals surface area (Å²) in [5.74, 6) is 0. The molecule has 0 aliphatic heterocycles. The largest absolute Gasteiger partial charge is 0.389 e. The molecule has 0 amide bonds. The van der Waals surface area contributed by atoms with Gasteiger partial charge in [-0.2, -0.15) is 23.5 Å². The molecule has 124 valence electrons. The number of nitrogens with zero attached hydrogens (tertiary/aromatic N) is 4. The van der Waals surface area contributed by atoms with Crippen molar-refractivity contribution in [2.45, 2.75) is 69.1 Å². The Morgan fingerprint density at radius 2 is 2.00 bits per heavy atom. The van der Waals surface area contributed by atoms with Crippen molar-refractivity contribution < 1.29 is 13.2 Å². The lowest BCUT2D eigenvalue weighted by Crippen LogP contribution is -2.28. The molecule has 0 aromatic carbocycles. The van der Waals surface area contributed by atoms with Gasteiger partial charge in [-0.05, 0) is 18.4 Å². The van der Waals surface area contributed by atoms with Crippen molar-refractivity contribution in [2.75, 3.05) is 0 Å². The number of alkyl halides is 3. The first-order chi connectivity index (χ1) is 10.9. The number of hydrogen-bond donors (Lipinski definition) is 0. The number of halogens is 3. The van der Waals surface area contributed by atoms with Crippen LogP contribution in [0.2, 0.25) is 0 Å². The maximum atomic E-state index is 12.4. The smallest absolute Gasteiger partial charge is 0.294 e. The van der Waals surface area contributed by atoms with Crippen LogP contribution in [0.3, 0.4) is 0 Å². The average molecular weight is 324 g/mol. The van der Waals surface area contributed by atoms with Gasteiger partial charge in [0.15, 0.2) is 6.07 Å². The highest BCUT2D eigenvalue weighted by molar-refractivity contribution is 5.23. The fourth-order valence-corrected chi connectivity index (χ4v) is 3.00. The van der Waals surface area contributed by atoms with Crippen LogP contribution in [0.1, 0.15) is 56.6 Å². The van der Waals surface area contributed by atoms with Crippen LogP contribution in [0.15, 0.2) is 12.4 Å². The molecule has 1 atom stereocenters. The highest BCUT2D eigenvalue weighted by Gasteiger charge is 2.42. The topological polar surface area (TPSA) is 46.0 Å². The van der Waals surface area contributed by atoms with Crippen LogP contribution < -0.4 is 0 Å². The van der Waals surface area contributed by atoms with E-state index in [1.54, 1.807) is 18.5 Å². The van der Waals surface area contributed by atoms with Crippen molar-refractivity contribution in [3.8, 4) is 6.07 Å². The molecule has 0 saturated heterocycles. The molecule has 0 radical (unpaired) electrons. The molecule has 0 bridgehead atoms. The summed E-state index contributed by atoms with van der Waals surface area (Å²) in [4.78, 5) is 3.21. The van der Waals surface area contributed by atoms with E-state index in [0.717, 1.165) is 25.7 Å². The number of aromatic nitrogens is 2. The highest BCUT2D eigenvalue weighted by atomic mass is 19.4. The van der Waals surface area contributed by atoms with Gasteiger partial charge in [-0.1, -0.05) is 19.3 Å². The van der Waals surface area contributed by atoms with Gasteiger partial charge >= 0.3 is 11.7 Å². The lowest BCUT2D eigenvalue weighted by atomic mass is 9.89. The van der Waals surface area contributed by atoms with Crippen molar-refractivity contribution in [1.29, 1.82) is 5.26 Å². The molecular formula is C16H19F3N4. The molecule has 1 saturated carbocycles. The predicted molar refractivity (Wildman–Crippen MR) is 78.3 cm³/mol. The zero-order chi connectivity index (χ0) is 16.9. The van der Waals surface area contributed by atoms with Crippen LogP contribution in [-0.2, 0) is 6.42 Å². The quantitative estimate of drug-likeness (QED) is 0.751. The van der Waals surface area contributed by atoms with E-state index in [9.17, 15) is 18.4 Å². The number of rotatable bonds is 5. The first-order valence-corrected chi connectivity index (χ1v) is 7.77. The molecule has 0 N–H and O–H groups in total. The van der Waals surface area contributed by atoms with Gasteiger partial charge in [0.2, 0.25) is 0 Å². The molecule has 4 nitrogen and oxygen atoms in total. The zero-order valence-corrected chi connectivity index (χ0v) is 12.8. The van der Waals surface area contributed by atoms with Gasteiger partial charge in [0, 0.05) is 12.6 Å². The Balaban J connectivity index is 2.07. The lowest BCUT2D eigenvalue weighted by molar-refractivity contribution is -0.136. The van der Waals surface area contributed by atoms with Crippen LogP contribution in [0.5, 0.6) is 0 Å². The standard InChI is InChI=1S/C16H19F3N4/c1-21-15(12-20,7-8-16(17,18)19)9-13-10-22-23(11-13)14-5-3-2-4-6-14/h10-11,14H,2-9H2. The normalized spacial score (nSPS) is 18.8. The molecule has 1 fully saturated rings. The van der Waals surface area contributed by atoms with Crippen molar-refractivity contribution in [3.05, 3.63) is 29.4 Å². The lowest BCUT2D eigenvalue weighted by Gasteiger charge is -2.21. The Labute approximate surface area is 133 Å². The first-order valence-electron chi connectivity index (χ1n) is 7.77. The van der Waals surface area contributed by atoms with Gasteiger partial charge in [-0.15, -0.1) is 0 Å². The van der Waals surface area contributed by atoms with E-state index in [-0.39, 0.29) is 6.42 Å². The maximum absolute atomic E-state index is 12.4. The van der Waals surface area contributed by atoms with Gasteiger partial charge in [0.05, 0.1) is 25.1 Å². The van der Waals surface area contributed by atoms with Crippen LogP contribution in [0.25, 0.3) is 4.85 Å². The second-order valence-electron chi connectivity index (χ2n) is 6.17. The molecule has 1 heterocycles. The summed E-state index contributed by atoms with van der Waals surface area (Å²) in [5, 5.41) is 13.5. The van der Waals surface area contributed by atoms with E-state index in [1.165, 1.54) is 6.42 Å². The summed E-state index contributed by atoms with van der Waals surface area (Å²) >= 11 is 0. The molecule has 1 unspecified atom stereocenters. The van der Waals surface area contributed by atoms with Crippen LogP contribution >= 0.6 is 0 Å². The molecule has 2 rings (SSSR count). The van der Waals surface area contributed by atoms with Crippen LogP contribution in [-0.4, -0.2) is 21.5 Å². The Morgan fingerprint density at radius 3 is 2.57 bits per heavy atom. The molecule has 1 aliphatic rings. The Hall–Kier alpha value is -2.02. The second kappa shape index (κ2) is 7.04. The SMILES string of the molecule is [C-]#[N+]C(C#N)(CCC(F)(F)F)Cc1cnn(C2CCCCC2)c1. The fourth-order valence-electron chi connectivity index (χ4n) is 3.00. The molecular weight excluding hydrogens is 305 g/mol. The molecule has 1 aliphatic carbocycles. The molecule has 1 aromatic rings. The Morgan fingerprint density at radius 1 is 1.30 bits per heavy atom. The minimum Gasteiger partial charge on any atom is -0.294 e. The highest BCUT2D eigenvalue weighted by Crippen LogP contribution is 2.31. The van der Waals surface area contributed by atoms with E-state index in [0.29, 0.717) is 11.6 Å². The third-order valence-electron chi connectivity index (χ3n) is 4.34. The summed E-state index contributed by atoms with van der Waals surface area (Å²) in [6, 6.07) is 2.10. The summed E-state index contributed by atoms with van der Waals surface area (Å²) in [7, 11) is 0. The van der Waals surface area contributed by atoms with Gasteiger partial charge in [0.25, 0.3) is 0 Å². The first kappa shape index (κ1) is 17.3. The zero-order valence-electron chi connectivity index (χ0n) is 12.8. The van der Waals surface area contributed by atoms with Gasteiger partial charge < -0.3 is 0 Å². The van der Waals surface area contributed by atoms with Gasteiger partial charge in [0.1, 0.15) is 0 Å². The fraction of sp³-hybridized carbons (Fsp3) is 0.688. The number of hydrogen-bond acceptors (Lipinski definition) is 2. The maximum Gasteiger partial charge on any atom is 0.389 e. The van der Waals surface area contributed by atoms with Gasteiger partial charge in [-0.25, -0.2) is 6.57 Å².